The summed E-state index contributed by atoms with van der Waals surface area (Å²) in [6.07, 6.45) is 1.77. The summed E-state index contributed by atoms with van der Waals surface area (Å²) in [5.74, 6) is 0.933. The van der Waals surface area contributed by atoms with Crippen molar-refractivity contribution in [2.24, 2.45) is 0 Å². The zero-order valence-corrected chi connectivity index (χ0v) is 11.7. The van der Waals surface area contributed by atoms with Crippen LogP contribution in [0.1, 0.15) is 41.2 Å². The number of aryl methyl sites for hydroxylation is 1. The van der Waals surface area contributed by atoms with Crippen LogP contribution < -0.4 is 10.1 Å². The lowest BCUT2D eigenvalue weighted by Gasteiger charge is -2.23. The van der Waals surface area contributed by atoms with Crippen molar-refractivity contribution in [3.05, 3.63) is 28.3 Å². The molecule has 0 bridgehead atoms. The van der Waals surface area contributed by atoms with Crippen molar-refractivity contribution in [1.29, 1.82) is 0 Å². The van der Waals surface area contributed by atoms with Gasteiger partial charge in [0.15, 0.2) is 0 Å². The molecule has 0 spiro atoms. The van der Waals surface area contributed by atoms with E-state index in [0.717, 1.165) is 47.4 Å². The molecule has 0 amide bonds. The third-order valence-electron chi connectivity index (χ3n) is 4.07. The van der Waals surface area contributed by atoms with Crippen molar-refractivity contribution in [2.45, 2.75) is 45.8 Å². The van der Waals surface area contributed by atoms with Gasteiger partial charge in [0.25, 0.3) is 0 Å². The number of methoxy groups -OCH3 is 1. The molecule has 18 heavy (non-hydrogen) atoms. The summed E-state index contributed by atoms with van der Waals surface area (Å²) in [6, 6.07) is 2.25. The van der Waals surface area contributed by atoms with Gasteiger partial charge < -0.3 is 15.2 Å². The third-order valence-corrected chi connectivity index (χ3v) is 4.07. The molecule has 1 aromatic rings. The van der Waals surface area contributed by atoms with Gasteiger partial charge in [0, 0.05) is 6.04 Å². The highest BCUT2D eigenvalue weighted by molar-refractivity contribution is 5.49. The number of rotatable bonds is 3. The van der Waals surface area contributed by atoms with Crippen LogP contribution in [0.25, 0.3) is 0 Å². The van der Waals surface area contributed by atoms with E-state index in [2.05, 4.69) is 25.2 Å². The van der Waals surface area contributed by atoms with Crippen molar-refractivity contribution < 1.29 is 9.84 Å². The fourth-order valence-electron chi connectivity index (χ4n) is 2.91. The van der Waals surface area contributed by atoms with E-state index in [0.29, 0.717) is 0 Å². The van der Waals surface area contributed by atoms with Gasteiger partial charge >= 0.3 is 0 Å². The Morgan fingerprint density at radius 1 is 1.33 bits per heavy atom. The molecule has 1 aromatic carbocycles. The molecule has 0 radical (unpaired) electrons. The van der Waals surface area contributed by atoms with Crippen molar-refractivity contribution in [2.75, 3.05) is 13.7 Å². The summed E-state index contributed by atoms with van der Waals surface area (Å²) in [7, 11) is 1.70. The van der Waals surface area contributed by atoms with Gasteiger partial charge in [0.1, 0.15) is 5.75 Å². The summed E-state index contributed by atoms with van der Waals surface area (Å²) in [5, 5.41) is 13.9. The van der Waals surface area contributed by atoms with E-state index in [-0.39, 0.29) is 6.04 Å². The lowest BCUT2D eigenvalue weighted by atomic mass is 9.91. The Morgan fingerprint density at radius 3 is 2.61 bits per heavy atom. The highest BCUT2D eigenvalue weighted by Crippen LogP contribution is 2.33. The van der Waals surface area contributed by atoms with Gasteiger partial charge in [-0.15, -0.1) is 0 Å². The minimum atomic E-state index is -0.421. The molecule has 1 aliphatic heterocycles. The Hall–Kier alpha value is -1.06. The predicted molar refractivity (Wildman–Crippen MR) is 73.2 cm³/mol. The van der Waals surface area contributed by atoms with E-state index in [4.69, 9.17) is 4.74 Å². The third kappa shape index (κ3) is 2.25. The van der Waals surface area contributed by atoms with Gasteiger partial charge in [0.05, 0.1) is 13.2 Å². The van der Waals surface area contributed by atoms with Crippen LogP contribution in [0, 0.1) is 20.8 Å². The Morgan fingerprint density at radius 2 is 2.06 bits per heavy atom. The molecular weight excluding hydrogens is 226 g/mol. The van der Waals surface area contributed by atoms with Crippen LogP contribution in [0.4, 0.5) is 0 Å². The summed E-state index contributed by atoms with van der Waals surface area (Å²) in [4.78, 5) is 0. The Bertz CT molecular complexity index is 437. The minimum absolute atomic E-state index is 0.191. The molecule has 2 atom stereocenters. The van der Waals surface area contributed by atoms with Crippen molar-refractivity contribution in [3.8, 4) is 5.75 Å². The molecule has 0 aliphatic carbocycles. The molecule has 2 unspecified atom stereocenters. The first-order valence-corrected chi connectivity index (χ1v) is 6.62. The topological polar surface area (TPSA) is 41.5 Å². The summed E-state index contributed by atoms with van der Waals surface area (Å²) >= 11 is 0. The van der Waals surface area contributed by atoms with E-state index in [1.165, 1.54) is 0 Å². The van der Waals surface area contributed by atoms with Crippen LogP contribution in [-0.2, 0) is 0 Å². The Labute approximate surface area is 109 Å². The second-order valence-electron chi connectivity index (χ2n) is 5.21. The van der Waals surface area contributed by atoms with Gasteiger partial charge in [-0.1, -0.05) is 0 Å². The van der Waals surface area contributed by atoms with Crippen molar-refractivity contribution in [3.63, 3.8) is 0 Å². The number of benzene rings is 1. The predicted octanol–water partition coefficient (Wildman–Crippen LogP) is 2.41. The molecular formula is C15H23NO2. The summed E-state index contributed by atoms with van der Waals surface area (Å²) < 4.78 is 5.42. The molecule has 2 rings (SSSR count). The molecule has 3 nitrogen and oxygen atoms in total. The fourth-order valence-corrected chi connectivity index (χ4v) is 2.91. The summed E-state index contributed by atoms with van der Waals surface area (Å²) in [5.41, 5.74) is 4.39. The zero-order chi connectivity index (χ0) is 13.3. The molecule has 0 aromatic heterocycles. The van der Waals surface area contributed by atoms with Crippen LogP contribution in [0.5, 0.6) is 5.75 Å². The van der Waals surface area contributed by atoms with Gasteiger partial charge in [-0.25, -0.2) is 0 Å². The zero-order valence-electron chi connectivity index (χ0n) is 11.7. The van der Waals surface area contributed by atoms with Gasteiger partial charge in [0.2, 0.25) is 0 Å². The van der Waals surface area contributed by atoms with Gasteiger partial charge in [-0.3, -0.25) is 0 Å². The molecule has 1 saturated heterocycles. The second-order valence-corrected chi connectivity index (χ2v) is 5.21. The first-order valence-electron chi connectivity index (χ1n) is 6.62. The first-order chi connectivity index (χ1) is 8.56. The van der Waals surface area contributed by atoms with Crippen LogP contribution in [0.2, 0.25) is 0 Å². The van der Waals surface area contributed by atoms with E-state index >= 15 is 0 Å². The van der Waals surface area contributed by atoms with E-state index in [1.54, 1.807) is 7.11 Å². The minimum Gasteiger partial charge on any atom is -0.496 e. The number of aliphatic hydroxyl groups excluding tert-OH is 1. The maximum atomic E-state index is 10.5. The SMILES string of the molecule is COc1c(C)cc(C(O)C2CCCN2)c(C)c1C. The summed E-state index contributed by atoms with van der Waals surface area (Å²) in [6.45, 7) is 7.16. The van der Waals surface area contributed by atoms with Gasteiger partial charge in [-0.2, -0.15) is 0 Å². The lowest BCUT2D eigenvalue weighted by Crippen LogP contribution is -2.29. The number of aliphatic hydroxyl groups is 1. The van der Waals surface area contributed by atoms with Crippen LogP contribution in [0.3, 0.4) is 0 Å². The van der Waals surface area contributed by atoms with Crippen LogP contribution in [-0.4, -0.2) is 24.8 Å². The molecule has 1 fully saturated rings. The highest BCUT2D eigenvalue weighted by atomic mass is 16.5. The van der Waals surface area contributed by atoms with E-state index in [9.17, 15) is 5.11 Å². The molecule has 0 saturated carbocycles. The smallest absolute Gasteiger partial charge is 0.124 e. The Kier molecular flexibility index (Phi) is 3.93. The molecule has 2 N–H and O–H groups in total. The average molecular weight is 249 g/mol. The van der Waals surface area contributed by atoms with E-state index < -0.39 is 6.10 Å². The molecule has 1 heterocycles. The van der Waals surface area contributed by atoms with Crippen LogP contribution in [0.15, 0.2) is 6.07 Å². The van der Waals surface area contributed by atoms with Crippen molar-refractivity contribution >= 4 is 0 Å². The number of hydrogen-bond donors (Lipinski definition) is 2. The number of nitrogens with one attached hydrogen (secondary N) is 1. The van der Waals surface area contributed by atoms with Crippen molar-refractivity contribution in [1.82, 2.24) is 5.32 Å². The van der Waals surface area contributed by atoms with E-state index in [1.807, 2.05) is 6.92 Å². The normalized spacial score (nSPS) is 21.1. The number of hydrogen-bond acceptors (Lipinski definition) is 3. The Balaban J connectivity index is 2.38. The molecule has 1 aliphatic rings. The van der Waals surface area contributed by atoms with Crippen LogP contribution >= 0.6 is 0 Å². The fraction of sp³-hybridized carbons (Fsp3) is 0.600. The highest BCUT2D eigenvalue weighted by Gasteiger charge is 2.26. The molecule has 3 heteroatoms. The maximum absolute atomic E-state index is 10.5. The first kappa shape index (κ1) is 13.4. The second kappa shape index (κ2) is 5.29. The maximum Gasteiger partial charge on any atom is 0.124 e. The average Bonchev–Trinajstić information content (AvgIpc) is 2.87. The molecule has 100 valence electrons. The largest absolute Gasteiger partial charge is 0.496 e. The van der Waals surface area contributed by atoms with Gasteiger partial charge in [-0.05, 0) is 68.5 Å². The standard InChI is InChI=1S/C15H23NO2/c1-9-8-12(10(2)11(3)15(9)18-4)14(17)13-6-5-7-16-13/h8,13-14,16-17H,5-7H2,1-4H3. The lowest BCUT2D eigenvalue weighted by molar-refractivity contribution is 0.136. The monoisotopic (exact) mass is 249 g/mol. The quantitative estimate of drug-likeness (QED) is 0.864. The number of ether oxygens (including phenoxy) is 1.